The fourth-order valence-electron chi connectivity index (χ4n) is 1.05. The minimum Gasteiger partial charge on any atom is -0.476 e. The first kappa shape index (κ1) is 10.5. The number of hydrogen-bond donors (Lipinski definition) is 1. The largest absolute Gasteiger partial charge is 0.476 e. The number of ether oxygens (including phenoxy) is 1. The van der Waals surface area contributed by atoms with Crippen LogP contribution < -0.4 is 4.74 Å². The second kappa shape index (κ2) is 4.23. The Morgan fingerprint density at radius 1 is 1.50 bits per heavy atom. The quantitative estimate of drug-likeness (QED) is 0.874. The second-order valence-corrected chi connectivity index (χ2v) is 3.99. The third kappa shape index (κ3) is 2.14. The number of aryl methyl sites for hydroxylation is 1. The molecule has 0 spiro atoms. The van der Waals surface area contributed by atoms with Gasteiger partial charge < -0.3 is 9.84 Å². The zero-order valence-electron chi connectivity index (χ0n) is 8.25. The lowest BCUT2D eigenvalue weighted by molar-refractivity contribution is 0.0687. The van der Waals surface area contributed by atoms with Crippen molar-refractivity contribution in [3.05, 3.63) is 29.0 Å². The molecule has 0 fully saturated rings. The highest BCUT2D eigenvalue weighted by molar-refractivity contribution is 7.13. The number of aromatic nitrogens is 3. The van der Waals surface area contributed by atoms with E-state index in [9.17, 15) is 4.79 Å². The summed E-state index contributed by atoms with van der Waals surface area (Å²) < 4.78 is 5.29. The molecule has 2 heterocycles. The van der Waals surface area contributed by atoms with Crippen molar-refractivity contribution in [1.82, 2.24) is 15.2 Å². The Morgan fingerprint density at radius 3 is 2.94 bits per heavy atom. The number of carbonyl (C=O) groups is 1. The number of carboxylic acid groups (broad SMARTS) is 1. The number of aromatic carboxylic acids is 1. The molecule has 0 bridgehead atoms. The Kier molecular flexibility index (Phi) is 2.78. The van der Waals surface area contributed by atoms with Gasteiger partial charge in [-0.05, 0) is 19.1 Å². The number of rotatable bonds is 3. The number of hydrogen-bond acceptors (Lipinski definition) is 6. The average Bonchev–Trinajstić information content (AvgIpc) is 2.64. The SMILES string of the molecule is Cc1nnc(Oc2cccnc2C(=O)O)s1. The summed E-state index contributed by atoms with van der Waals surface area (Å²) in [7, 11) is 0. The second-order valence-electron chi connectivity index (χ2n) is 2.84. The van der Waals surface area contributed by atoms with Crippen molar-refractivity contribution in [2.45, 2.75) is 6.92 Å². The maximum absolute atomic E-state index is 10.8. The molecule has 0 amide bonds. The summed E-state index contributed by atoms with van der Waals surface area (Å²) in [6.45, 7) is 1.78. The summed E-state index contributed by atoms with van der Waals surface area (Å²) in [6.07, 6.45) is 1.39. The molecule has 7 heteroatoms. The van der Waals surface area contributed by atoms with E-state index < -0.39 is 5.97 Å². The standard InChI is InChI=1S/C9H7N3O3S/c1-5-11-12-9(16-5)15-6-3-2-4-10-7(6)8(13)14/h2-4H,1H3,(H,13,14). The van der Waals surface area contributed by atoms with E-state index in [1.807, 2.05) is 0 Å². The molecule has 16 heavy (non-hydrogen) atoms. The summed E-state index contributed by atoms with van der Waals surface area (Å²) in [5.74, 6) is -0.983. The van der Waals surface area contributed by atoms with Crippen LogP contribution in [0.3, 0.4) is 0 Å². The Hall–Kier alpha value is -2.02. The first-order valence-electron chi connectivity index (χ1n) is 4.33. The van der Waals surface area contributed by atoms with Crippen molar-refractivity contribution in [2.24, 2.45) is 0 Å². The molecule has 0 aliphatic carbocycles. The monoisotopic (exact) mass is 237 g/mol. The van der Waals surface area contributed by atoms with E-state index in [4.69, 9.17) is 9.84 Å². The van der Waals surface area contributed by atoms with E-state index in [-0.39, 0.29) is 11.4 Å². The van der Waals surface area contributed by atoms with Crippen LogP contribution in [0.25, 0.3) is 0 Å². The summed E-state index contributed by atoms with van der Waals surface area (Å²) in [6, 6.07) is 3.11. The van der Waals surface area contributed by atoms with Gasteiger partial charge in [-0.1, -0.05) is 16.4 Å². The summed E-state index contributed by atoms with van der Waals surface area (Å²) in [5, 5.41) is 17.4. The van der Waals surface area contributed by atoms with Crippen LogP contribution in [-0.2, 0) is 0 Å². The van der Waals surface area contributed by atoms with Gasteiger partial charge in [0.15, 0.2) is 11.4 Å². The number of nitrogens with zero attached hydrogens (tertiary/aromatic N) is 3. The van der Waals surface area contributed by atoms with E-state index in [1.165, 1.54) is 23.6 Å². The predicted octanol–water partition coefficient (Wildman–Crippen LogP) is 1.73. The first-order chi connectivity index (χ1) is 7.66. The Bertz CT molecular complexity index is 526. The highest BCUT2D eigenvalue weighted by atomic mass is 32.1. The summed E-state index contributed by atoms with van der Waals surface area (Å²) >= 11 is 1.24. The van der Waals surface area contributed by atoms with E-state index in [0.717, 1.165) is 5.01 Å². The van der Waals surface area contributed by atoms with Gasteiger partial charge >= 0.3 is 5.97 Å². The lowest BCUT2D eigenvalue weighted by atomic mass is 10.3. The molecule has 0 radical (unpaired) electrons. The maximum Gasteiger partial charge on any atom is 0.358 e. The van der Waals surface area contributed by atoms with Gasteiger partial charge in [-0.15, -0.1) is 5.10 Å². The zero-order chi connectivity index (χ0) is 11.5. The summed E-state index contributed by atoms with van der Waals surface area (Å²) in [5.41, 5.74) is -0.143. The minimum absolute atomic E-state index is 0.143. The van der Waals surface area contributed by atoms with Crippen molar-refractivity contribution in [3.8, 4) is 10.9 Å². The van der Waals surface area contributed by atoms with Gasteiger partial charge in [0.2, 0.25) is 0 Å². The molecule has 0 unspecified atom stereocenters. The van der Waals surface area contributed by atoms with Crippen molar-refractivity contribution in [2.75, 3.05) is 0 Å². The first-order valence-corrected chi connectivity index (χ1v) is 5.15. The van der Waals surface area contributed by atoms with Crippen molar-refractivity contribution < 1.29 is 14.6 Å². The molecular weight excluding hydrogens is 230 g/mol. The van der Waals surface area contributed by atoms with Gasteiger partial charge in [0.1, 0.15) is 5.01 Å². The Morgan fingerprint density at radius 2 is 2.31 bits per heavy atom. The molecule has 0 saturated heterocycles. The molecule has 1 N–H and O–H groups in total. The fourth-order valence-corrected chi connectivity index (χ4v) is 1.59. The van der Waals surface area contributed by atoms with Gasteiger partial charge in [0, 0.05) is 6.20 Å². The van der Waals surface area contributed by atoms with Crippen LogP contribution in [0.2, 0.25) is 0 Å². The highest BCUT2D eigenvalue weighted by Crippen LogP contribution is 2.26. The van der Waals surface area contributed by atoms with Crippen molar-refractivity contribution in [1.29, 1.82) is 0 Å². The third-order valence-electron chi connectivity index (χ3n) is 1.68. The van der Waals surface area contributed by atoms with E-state index in [0.29, 0.717) is 5.19 Å². The maximum atomic E-state index is 10.8. The van der Waals surface area contributed by atoms with Crippen LogP contribution in [0.4, 0.5) is 0 Å². The third-order valence-corrected chi connectivity index (χ3v) is 2.39. The molecule has 2 rings (SSSR count). The molecule has 0 aromatic carbocycles. The van der Waals surface area contributed by atoms with Crippen LogP contribution in [-0.4, -0.2) is 26.3 Å². The van der Waals surface area contributed by atoms with E-state index in [1.54, 1.807) is 13.0 Å². The topological polar surface area (TPSA) is 85.2 Å². The zero-order valence-corrected chi connectivity index (χ0v) is 9.06. The molecule has 0 atom stereocenters. The molecular formula is C9H7N3O3S. The highest BCUT2D eigenvalue weighted by Gasteiger charge is 2.14. The van der Waals surface area contributed by atoms with Crippen LogP contribution in [0, 0.1) is 6.92 Å². The van der Waals surface area contributed by atoms with Crippen LogP contribution in [0.5, 0.6) is 10.9 Å². The van der Waals surface area contributed by atoms with Gasteiger partial charge in [-0.3, -0.25) is 0 Å². The van der Waals surface area contributed by atoms with Crippen LogP contribution in [0.15, 0.2) is 18.3 Å². The summed E-state index contributed by atoms with van der Waals surface area (Å²) in [4.78, 5) is 14.6. The van der Waals surface area contributed by atoms with Gasteiger partial charge in [-0.25, -0.2) is 9.78 Å². The van der Waals surface area contributed by atoms with Crippen LogP contribution in [0.1, 0.15) is 15.5 Å². The molecule has 82 valence electrons. The lowest BCUT2D eigenvalue weighted by Crippen LogP contribution is -2.02. The Labute approximate surface area is 94.6 Å². The normalized spacial score (nSPS) is 10.1. The van der Waals surface area contributed by atoms with Gasteiger partial charge in [-0.2, -0.15) is 0 Å². The molecule has 0 saturated carbocycles. The van der Waals surface area contributed by atoms with Crippen LogP contribution >= 0.6 is 11.3 Å². The minimum atomic E-state index is -1.14. The molecule has 0 aliphatic heterocycles. The number of carboxylic acids is 1. The fraction of sp³-hybridized carbons (Fsp3) is 0.111. The Balaban J connectivity index is 2.31. The average molecular weight is 237 g/mol. The molecule has 0 aliphatic rings. The molecule has 2 aromatic heterocycles. The van der Waals surface area contributed by atoms with Crippen molar-refractivity contribution in [3.63, 3.8) is 0 Å². The lowest BCUT2D eigenvalue weighted by Gasteiger charge is -2.02. The number of pyridine rings is 1. The van der Waals surface area contributed by atoms with E-state index >= 15 is 0 Å². The molecule has 6 nitrogen and oxygen atoms in total. The van der Waals surface area contributed by atoms with Gasteiger partial charge in [0.25, 0.3) is 5.19 Å². The van der Waals surface area contributed by atoms with Gasteiger partial charge in [0.05, 0.1) is 0 Å². The van der Waals surface area contributed by atoms with E-state index in [2.05, 4.69) is 15.2 Å². The van der Waals surface area contributed by atoms with Crippen molar-refractivity contribution >= 4 is 17.3 Å². The predicted molar refractivity (Wildman–Crippen MR) is 55.9 cm³/mol. The molecule has 2 aromatic rings. The smallest absolute Gasteiger partial charge is 0.358 e.